The average Bonchev–Trinajstić information content (AvgIpc) is 2.34. The van der Waals surface area contributed by atoms with E-state index in [1.165, 1.54) is 18.1 Å². The molecule has 1 heterocycles. The van der Waals surface area contributed by atoms with Gasteiger partial charge in [0.1, 0.15) is 17.2 Å². The van der Waals surface area contributed by atoms with Gasteiger partial charge in [-0.05, 0) is 24.6 Å². The molecule has 0 spiro atoms. The fourth-order valence-electron chi connectivity index (χ4n) is 1.48. The first kappa shape index (κ1) is 13.5. The van der Waals surface area contributed by atoms with Crippen molar-refractivity contribution in [2.24, 2.45) is 0 Å². The lowest BCUT2D eigenvalue weighted by molar-refractivity contribution is 0.953. The molecule has 0 fully saturated rings. The first-order chi connectivity index (χ1) is 8.61. The Balaban J connectivity index is 2.34. The van der Waals surface area contributed by atoms with Gasteiger partial charge in [0, 0.05) is 10.5 Å². The van der Waals surface area contributed by atoms with Crippen LogP contribution in [0.4, 0.5) is 5.82 Å². The van der Waals surface area contributed by atoms with Gasteiger partial charge in [-0.15, -0.1) is 0 Å². The Morgan fingerprint density at radius 1 is 1.22 bits per heavy atom. The Kier molecular flexibility index (Phi) is 4.32. The molecule has 0 saturated carbocycles. The molecule has 0 saturated heterocycles. The van der Waals surface area contributed by atoms with Crippen molar-refractivity contribution in [1.29, 1.82) is 0 Å². The lowest BCUT2D eigenvalue weighted by Crippen LogP contribution is -2.00. The molecular weight excluding hydrogens is 289 g/mol. The summed E-state index contributed by atoms with van der Waals surface area (Å²) in [4.78, 5) is 9.21. The number of halogens is 2. The fourth-order valence-corrected chi connectivity index (χ4v) is 2.85. The molecule has 0 aliphatic carbocycles. The van der Waals surface area contributed by atoms with E-state index in [9.17, 15) is 0 Å². The molecule has 0 radical (unpaired) electrons. The maximum atomic E-state index is 5.98. The first-order valence-electron chi connectivity index (χ1n) is 5.34. The Morgan fingerprint density at radius 3 is 2.67 bits per heavy atom. The standard InChI is InChI=1S/C12H11Cl2N3S/c1-2-8-11(15)16-6-17-12(8)18-7-3-4-9(13)10(14)5-7/h3-6H,2H2,1H3,(H2,15,16,17). The van der Waals surface area contributed by atoms with Crippen molar-refractivity contribution < 1.29 is 0 Å². The topological polar surface area (TPSA) is 51.8 Å². The fraction of sp³-hybridized carbons (Fsp3) is 0.167. The summed E-state index contributed by atoms with van der Waals surface area (Å²) in [5.74, 6) is 0.523. The Morgan fingerprint density at radius 2 is 2.00 bits per heavy atom. The molecule has 3 nitrogen and oxygen atoms in total. The smallest absolute Gasteiger partial charge is 0.131 e. The zero-order chi connectivity index (χ0) is 13.1. The van der Waals surface area contributed by atoms with Crippen molar-refractivity contribution in [3.05, 3.63) is 40.1 Å². The molecule has 18 heavy (non-hydrogen) atoms. The predicted octanol–water partition coefficient (Wildman–Crippen LogP) is 4.08. The van der Waals surface area contributed by atoms with E-state index in [-0.39, 0.29) is 0 Å². The van der Waals surface area contributed by atoms with Crippen molar-refractivity contribution >= 4 is 40.8 Å². The van der Waals surface area contributed by atoms with Gasteiger partial charge in [0.15, 0.2) is 0 Å². The minimum Gasteiger partial charge on any atom is -0.383 e. The zero-order valence-corrected chi connectivity index (χ0v) is 12.0. The molecular formula is C12H11Cl2N3S. The number of anilines is 1. The summed E-state index contributed by atoms with van der Waals surface area (Å²) in [5.41, 5.74) is 6.78. The molecule has 1 aromatic heterocycles. The van der Waals surface area contributed by atoms with Crippen molar-refractivity contribution in [3.8, 4) is 0 Å². The Labute approximate surface area is 120 Å². The van der Waals surface area contributed by atoms with E-state index in [4.69, 9.17) is 28.9 Å². The van der Waals surface area contributed by atoms with Gasteiger partial charge in [-0.25, -0.2) is 9.97 Å². The van der Waals surface area contributed by atoms with Crippen LogP contribution in [-0.4, -0.2) is 9.97 Å². The third kappa shape index (κ3) is 2.88. The van der Waals surface area contributed by atoms with E-state index in [0.29, 0.717) is 15.9 Å². The van der Waals surface area contributed by atoms with Crippen LogP contribution >= 0.6 is 35.0 Å². The monoisotopic (exact) mass is 299 g/mol. The highest BCUT2D eigenvalue weighted by Gasteiger charge is 2.09. The van der Waals surface area contributed by atoms with E-state index in [2.05, 4.69) is 9.97 Å². The normalized spacial score (nSPS) is 10.6. The highest BCUT2D eigenvalue weighted by Crippen LogP contribution is 2.34. The van der Waals surface area contributed by atoms with Crippen LogP contribution in [0.1, 0.15) is 12.5 Å². The number of nitrogens with two attached hydrogens (primary N) is 1. The summed E-state index contributed by atoms with van der Waals surface area (Å²) < 4.78 is 0. The minimum absolute atomic E-state index is 0.523. The Bertz CT molecular complexity index is 575. The first-order valence-corrected chi connectivity index (χ1v) is 6.91. The largest absolute Gasteiger partial charge is 0.383 e. The van der Waals surface area contributed by atoms with Crippen molar-refractivity contribution in [2.45, 2.75) is 23.3 Å². The second kappa shape index (κ2) is 5.78. The van der Waals surface area contributed by atoms with Crippen molar-refractivity contribution in [3.63, 3.8) is 0 Å². The summed E-state index contributed by atoms with van der Waals surface area (Å²) in [6.07, 6.45) is 2.25. The van der Waals surface area contributed by atoms with Crippen LogP contribution in [-0.2, 0) is 6.42 Å². The lowest BCUT2D eigenvalue weighted by atomic mass is 10.2. The second-order valence-electron chi connectivity index (χ2n) is 3.57. The predicted molar refractivity (Wildman–Crippen MR) is 76.4 cm³/mol. The molecule has 0 amide bonds. The van der Waals surface area contributed by atoms with Gasteiger partial charge in [-0.3, -0.25) is 0 Å². The van der Waals surface area contributed by atoms with Crippen LogP contribution in [0.3, 0.4) is 0 Å². The van der Waals surface area contributed by atoms with Crippen LogP contribution in [0.5, 0.6) is 0 Å². The molecule has 0 aliphatic heterocycles. The molecule has 0 atom stereocenters. The lowest BCUT2D eigenvalue weighted by Gasteiger charge is -2.08. The molecule has 0 bridgehead atoms. The van der Waals surface area contributed by atoms with E-state index in [0.717, 1.165) is 21.9 Å². The summed E-state index contributed by atoms with van der Waals surface area (Å²) in [5, 5.41) is 1.92. The van der Waals surface area contributed by atoms with Crippen molar-refractivity contribution in [2.75, 3.05) is 5.73 Å². The quantitative estimate of drug-likeness (QED) is 0.868. The highest BCUT2D eigenvalue weighted by atomic mass is 35.5. The van der Waals surface area contributed by atoms with Crippen LogP contribution in [0.2, 0.25) is 10.0 Å². The van der Waals surface area contributed by atoms with Gasteiger partial charge in [-0.2, -0.15) is 0 Å². The van der Waals surface area contributed by atoms with Gasteiger partial charge in [0.25, 0.3) is 0 Å². The maximum Gasteiger partial charge on any atom is 0.131 e. The maximum absolute atomic E-state index is 5.98. The Hall–Kier alpha value is -0.970. The van der Waals surface area contributed by atoms with Gasteiger partial charge in [-0.1, -0.05) is 41.9 Å². The van der Waals surface area contributed by atoms with E-state index in [1.807, 2.05) is 19.1 Å². The van der Waals surface area contributed by atoms with Crippen LogP contribution in [0.15, 0.2) is 34.4 Å². The number of nitrogen functional groups attached to an aromatic ring is 1. The number of hydrogen-bond donors (Lipinski definition) is 1. The summed E-state index contributed by atoms with van der Waals surface area (Å²) >= 11 is 13.4. The summed E-state index contributed by atoms with van der Waals surface area (Å²) in [6.45, 7) is 2.02. The number of aromatic nitrogens is 2. The SMILES string of the molecule is CCc1c(N)ncnc1Sc1ccc(Cl)c(Cl)c1. The number of rotatable bonds is 3. The molecule has 0 unspecified atom stereocenters. The molecule has 1 aromatic carbocycles. The molecule has 2 aromatic rings. The van der Waals surface area contributed by atoms with Gasteiger partial charge >= 0.3 is 0 Å². The average molecular weight is 300 g/mol. The molecule has 94 valence electrons. The number of benzene rings is 1. The summed E-state index contributed by atoms with van der Waals surface area (Å²) in [7, 11) is 0. The highest BCUT2D eigenvalue weighted by molar-refractivity contribution is 7.99. The molecule has 0 aliphatic rings. The van der Waals surface area contributed by atoms with E-state index >= 15 is 0 Å². The van der Waals surface area contributed by atoms with Gasteiger partial charge < -0.3 is 5.73 Å². The number of hydrogen-bond acceptors (Lipinski definition) is 4. The zero-order valence-electron chi connectivity index (χ0n) is 9.65. The van der Waals surface area contributed by atoms with E-state index in [1.54, 1.807) is 6.07 Å². The summed E-state index contributed by atoms with van der Waals surface area (Å²) in [6, 6.07) is 5.48. The third-order valence-electron chi connectivity index (χ3n) is 2.40. The van der Waals surface area contributed by atoms with Gasteiger partial charge in [0.05, 0.1) is 10.0 Å². The van der Waals surface area contributed by atoms with Crippen molar-refractivity contribution in [1.82, 2.24) is 9.97 Å². The molecule has 2 rings (SSSR count). The van der Waals surface area contributed by atoms with E-state index < -0.39 is 0 Å². The second-order valence-corrected chi connectivity index (χ2v) is 5.45. The van der Waals surface area contributed by atoms with Gasteiger partial charge in [0.2, 0.25) is 0 Å². The van der Waals surface area contributed by atoms with Crippen LogP contribution in [0.25, 0.3) is 0 Å². The molecule has 6 heteroatoms. The van der Waals surface area contributed by atoms with Crippen LogP contribution in [0, 0.1) is 0 Å². The minimum atomic E-state index is 0.523. The number of nitrogens with zero attached hydrogens (tertiary/aromatic N) is 2. The third-order valence-corrected chi connectivity index (χ3v) is 4.17. The van der Waals surface area contributed by atoms with Crippen LogP contribution < -0.4 is 5.73 Å². The molecule has 2 N–H and O–H groups in total.